The van der Waals surface area contributed by atoms with Gasteiger partial charge in [0.05, 0.1) is 11.6 Å². The SMILES string of the molecule is CC(C)COc1nc(-c2ccccc2Cl)n(C(=O)c2ccccc2)n1. The minimum Gasteiger partial charge on any atom is -0.462 e. The molecular formula is C19H18ClN3O2. The molecule has 1 aromatic heterocycles. The van der Waals surface area contributed by atoms with Gasteiger partial charge in [0.15, 0.2) is 5.82 Å². The van der Waals surface area contributed by atoms with E-state index in [-0.39, 0.29) is 11.9 Å². The Morgan fingerprint density at radius 1 is 1.12 bits per heavy atom. The predicted molar refractivity (Wildman–Crippen MR) is 97.0 cm³/mol. The van der Waals surface area contributed by atoms with Gasteiger partial charge in [-0.1, -0.05) is 55.8 Å². The van der Waals surface area contributed by atoms with E-state index in [2.05, 4.69) is 10.1 Å². The number of hydrogen-bond acceptors (Lipinski definition) is 4. The largest absolute Gasteiger partial charge is 0.462 e. The third-order valence-corrected chi connectivity index (χ3v) is 3.79. The summed E-state index contributed by atoms with van der Waals surface area (Å²) in [5.74, 6) is 0.390. The Morgan fingerprint density at radius 2 is 1.80 bits per heavy atom. The fraction of sp³-hybridized carbons (Fsp3) is 0.211. The van der Waals surface area contributed by atoms with Gasteiger partial charge in [-0.15, -0.1) is 5.10 Å². The number of benzene rings is 2. The number of carbonyl (C=O) groups excluding carboxylic acids is 1. The van der Waals surface area contributed by atoms with E-state index in [9.17, 15) is 4.79 Å². The van der Waals surface area contributed by atoms with E-state index in [1.54, 1.807) is 36.4 Å². The molecule has 25 heavy (non-hydrogen) atoms. The average molecular weight is 356 g/mol. The Morgan fingerprint density at radius 3 is 2.48 bits per heavy atom. The second-order valence-corrected chi connectivity index (χ2v) is 6.39. The van der Waals surface area contributed by atoms with E-state index in [1.807, 2.05) is 32.0 Å². The molecule has 3 rings (SSSR count). The molecule has 6 heteroatoms. The molecule has 0 saturated heterocycles. The molecule has 0 aliphatic rings. The van der Waals surface area contributed by atoms with Gasteiger partial charge in [-0.3, -0.25) is 4.79 Å². The average Bonchev–Trinajstić information content (AvgIpc) is 3.04. The molecular weight excluding hydrogens is 338 g/mol. The minimum absolute atomic E-state index is 0.160. The molecule has 0 fully saturated rings. The maximum atomic E-state index is 12.9. The summed E-state index contributed by atoms with van der Waals surface area (Å²) in [7, 11) is 0. The first-order valence-electron chi connectivity index (χ1n) is 8.00. The van der Waals surface area contributed by atoms with Crippen molar-refractivity contribution in [1.82, 2.24) is 14.8 Å². The zero-order valence-electron chi connectivity index (χ0n) is 14.0. The van der Waals surface area contributed by atoms with E-state index < -0.39 is 0 Å². The molecule has 0 bridgehead atoms. The van der Waals surface area contributed by atoms with Crippen molar-refractivity contribution < 1.29 is 9.53 Å². The number of aromatic nitrogens is 3. The van der Waals surface area contributed by atoms with Crippen LogP contribution in [0.15, 0.2) is 54.6 Å². The maximum Gasteiger partial charge on any atom is 0.336 e. The Hall–Kier alpha value is -2.66. The van der Waals surface area contributed by atoms with Crippen molar-refractivity contribution in [3.05, 3.63) is 65.2 Å². The Balaban J connectivity index is 2.06. The van der Waals surface area contributed by atoms with E-state index in [4.69, 9.17) is 16.3 Å². The molecule has 0 amide bonds. The van der Waals surface area contributed by atoms with Gasteiger partial charge in [0.1, 0.15) is 0 Å². The molecule has 0 radical (unpaired) electrons. The number of ether oxygens (including phenoxy) is 1. The summed E-state index contributed by atoms with van der Waals surface area (Å²) >= 11 is 6.28. The lowest BCUT2D eigenvalue weighted by atomic mass is 10.2. The van der Waals surface area contributed by atoms with E-state index >= 15 is 0 Å². The lowest BCUT2D eigenvalue weighted by molar-refractivity contribution is 0.0944. The third-order valence-electron chi connectivity index (χ3n) is 3.46. The molecule has 0 atom stereocenters. The van der Waals surface area contributed by atoms with Crippen molar-refractivity contribution in [2.45, 2.75) is 13.8 Å². The quantitative estimate of drug-likeness (QED) is 0.683. The lowest BCUT2D eigenvalue weighted by Crippen LogP contribution is -2.15. The van der Waals surface area contributed by atoms with Crippen molar-refractivity contribution in [3.63, 3.8) is 0 Å². The molecule has 0 spiro atoms. The summed E-state index contributed by atoms with van der Waals surface area (Å²) in [6, 6.07) is 16.3. The van der Waals surface area contributed by atoms with Crippen LogP contribution in [-0.2, 0) is 0 Å². The van der Waals surface area contributed by atoms with Crippen molar-refractivity contribution in [1.29, 1.82) is 0 Å². The number of rotatable bonds is 5. The molecule has 3 aromatic rings. The summed E-state index contributed by atoms with van der Waals surface area (Å²) in [5, 5.41) is 4.74. The van der Waals surface area contributed by atoms with E-state index in [0.29, 0.717) is 34.5 Å². The normalized spacial score (nSPS) is 10.9. The third kappa shape index (κ3) is 3.88. The number of nitrogens with zero attached hydrogens (tertiary/aromatic N) is 3. The molecule has 2 aromatic carbocycles. The molecule has 1 heterocycles. The van der Waals surface area contributed by atoms with Crippen molar-refractivity contribution >= 4 is 17.5 Å². The van der Waals surface area contributed by atoms with Crippen molar-refractivity contribution in [3.8, 4) is 17.4 Å². The maximum absolute atomic E-state index is 12.9. The summed E-state index contributed by atoms with van der Waals surface area (Å²) < 4.78 is 6.84. The molecule has 5 nitrogen and oxygen atoms in total. The van der Waals surface area contributed by atoms with Gasteiger partial charge in [0.2, 0.25) is 0 Å². The zero-order chi connectivity index (χ0) is 17.8. The molecule has 0 saturated carbocycles. The second-order valence-electron chi connectivity index (χ2n) is 5.99. The van der Waals surface area contributed by atoms with Gasteiger partial charge in [-0.05, 0) is 30.2 Å². The minimum atomic E-state index is -0.289. The first-order valence-corrected chi connectivity index (χ1v) is 8.38. The topological polar surface area (TPSA) is 57.0 Å². The smallest absolute Gasteiger partial charge is 0.336 e. The fourth-order valence-electron chi connectivity index (χ4n) is 2.26. The summed E-state index contributed by atoms with van der Waals surface area (Å²) in [4.78, 5) is 17.2. The second kappa shape index (κ2) is 7.49. The van der Waals surface area contributed by atoms with Crippen molar-refractivity contribution in [2.75, 3.05) is 6.61 Å². The van der Waals surface area contributed by atoms with Crippen LogP contribution in [0.1, 0.15) is 24.2 Å². The highest BCUT2D eigenvalue weighted by molar-refractivity contribution is 6.33. The first kappa shape index (κ1) is 17.2. The highest BCUT2D eigenvalue weighted by atomic mass is 35.5. The fourth-order valence-corrected chi connectivity index (χ4v) is 2.48. The number of halogens is 1. The zero-order valence-corrected chi connectivity index (χ0v) is 14.8. The molecule has 0 aliphatic carbocycles. The van der Waals surface area contributed by atoms with Gasteiger partial charge in [0.25, 0.3) is 5.91 Å². The van der Waals surface area contributed by atoms with Crippen LogP contribution in [-0.4, -0.2) is 27.3 Å². The summed E-state index contributed by atoms with van der Waals surface area (Å²) in [5.41, 5.74) is 1.14. The Labute approximate surface area is 151 Å². The predicted octanol–water partition coefficient (Wildman–Crippen LogP) is 4.32. The Bertz CT molecular complexity index is 875. The molecule has 128 valence electrons. The number of hydrogen-bond donors (Lipinski definition) is 0. The van der Waals surface area contributed by atoms with E-state index in [0.717, 1.165) is 0 Å². The lowest BCUT2D eigenvalue weighted by Gasteiger charge is -2.05. The van der Waals surface area contributed by atoms with Crippen LogP contribution in [0.5, 0.6) is 6.01 Å². The first-order chi connectivity index (χ1) is 12.1. The highest BCUT2D eigenvalue weighted by Gasteiger charge is 2.21. The van der Waals surface area contributed by atoms with Crippen molar-refractivity contribution in [2.24, 2.45) is 5.92 Å². The monoisotopic (exact) mass is 355 g/mol. The molecule has 0 aliphatic heterocycles. The summed E-state index contributed by atoms with van der Waals surface area (Å²) in [6.45, 7) is 4.52. The van der Waals surface area contributed by atoms with Crippen LogP contribution in [0, 0.1) is 5.92 Å². The van der Waals surface area contributed by atoms with Gasteiger partial charge in [-0.25, -0.2) is 0 Å². The molecule has 0 unspecified atom stereocenters. The van der Waals surface area contributed by atoms with E-state index in [1.165, 1.54) is 4.68 Å². The van der Waals surface area contributed by atoms with Gasteiger partial charge in [0, 0.05) is 11.1 Å². The van der Waals surface area contributed by atoms with Crippen LogP contribution < -0.4 is 4.74 Å². The molecule has 0 N–H and O–H groups in total. The standard InChI is InChI=1S/C19H18ClN3O2/c1-13(2)12-25-19-21-17(15-10-6-7-11-16(15)20)23(22-19)18(24)14-8-4-3-5-9-14/h3-11,13H,12H2,1-2H3. The van der Waals surface area contributed by atoms with Crippen LogP contribution >= 0.6 is 11.6 Å². The van der Waals surface area contributed by atoms with Gasteiger partial charge >= 0.3 is 6.01 Å². The van der Waals surface area contributed by atoms with Crippen LogP contribution in [0.3, 0.4) is 0 Å². The van der Waals surface area contributed by atoms with Gasteiger partial charge in [-0.2, -0.15) is 9.67 Å². The van der Waals surface area contributed by atoms with Crippen LogP contribution in [0.25, 0.3) is 11.4 Å². The van der Waals surface area contributed by atoms with Gasteiger partial charge < -0.3 is 4.74 Å². The van der Waals surface area contributed by atoms with Crippen LogP contribution in [0.2, 0.25) is 5.02 Å². The summed E-state index contributed by atoms with van der Waals surface area (Å²) in [6.07, 6.45) is 0. The number of carbonyl (C=O) groups is 1. The highest BCUT2D eigenvalue weighted by Crippen LogP contribution is 2.28. The Kier molecular flexibility index (Phi) is 5.14. The van der Waals surface area contributed by atoms with Crippen LogP contribution in [0.4, 0.5) is 0 Å².